The molecule has 0 amide bonds. The van der Waals surface area contributed by atoms with Gasteiger partial charge in [0.05, 0.1) is 0 Å². The molecule has 2 saturated carbocycles. The van der Waals surface area contributed by atoms with Crippen molar-refractivity contribution in [2.24, 2.45) is 17.1 Å². The third-order valence-corrected chi connectivity index (χ3v) is 3.25. The van der Waals surface area contributed by atoms with E-state index in [-0.39, 0.29) is 12.4 Å². The summed E-state index contributed by atoms with van der Waals surface area (Å²) >= 11 is 0. The van der Waals surface area contributed by atoms with Crippen LogP contribution in [0.2, 0.25) is 0 Å². The number of hydrogen-bond acceptors (Lipinski definition) is 1. The molecule has 2 aliphatic carbocycles. The van der Waals surface area contributed by atoms with Crippen LogP contribution in [0.5, 0.6) is 0 Å². The predicted molar refractivity (Wildman–Crippen MR) is 40.7 cm³/mol. The summed E-state index contributed by atoms with van der Waals surface area (Å²) in [5.41, 5.74) is 6.29. The molecule has 0 bridgehead atoms. The molecular weight excluding hydrogens is 134 g/mol. The van der Waals surface area contributed by atoms with Gasteiger partial charge in [0, 0.05) is 0 Å². The van der Waals surface area contributed by atoms with E-state index >= 15 is 0 Å². The summed E-state index contributed by atoms with van der Waals surface area (Å²) in [7, 11) is 0. The Labute approximate surface area is 62.4 Å². The van der Waals surface area contributed by atoms with Crippen LogP contribution in [-0.4, -0.2) is 6.54 Å². The van der Waals surface area contributed by atoms with Crippen molar-refractivity contribution in [3.63, 3.8) is 0 Å². The van der Waals surface area contributed by atoms with Gasteiger partial charge in [-0.05, 0) is 43.6 Å². The van der Waals surface area contributed by atoms with Crippen LogP contribution in [0.25, 0.3) is 0 Å². The van der Waals surface area contributed by atoms with Gasteiger partial charge >= 0.3 is 0 Å². The maximum atomic E-state index is 5.61. The van der Waals surface area contributed by atoms with Crippen molar-refractivity contribution in [3.8, 4) is 0 Å². The molecule has 9 heavy (non-hydrogen) atoms. The molecule has 54 valence electrons. The molecule has 0 spiro atoms. The summed E-state index contributed by atoms with van der Waals surface area (Å²) in [6.45, 7) is 0.956. The standard InChI is InChI=1S/C7H13N.ClH/c8-5-7-3-1-6(7)2-4-7;/h6H,1-5,8H2;1H. The van der Waals surface area contributed by atoms with E-state index in [9.17, 15) is 0 Å². The van der Waals surface area contributed by atoms with Crippen molar-refractivity contribution < 1.29 is 0 Å². The molecule has 2 rings (SSSR count). The van der Waals surface area contributed by atoms with Crippen molar-refractivity contribution in [1.82, 2.24) is 0 Å². The minimum atomic E-state index is 0. The quantitative estimate of drug-likeness (QED) is 0.599. The molecule has 0 unspecified atom stereocenters. The predicted octanol–water partition coefficient (Wildman–Crippen LogP) is 1.56. The maximum absolute atomic E-state index is 5.61. The van der Waals surface area contributed by atoms with E-state index in [1.807, 2.05) is 0 Å². The second kappa shape index (κ2) is 2.14. The highest BCUT2D eigenvalue weighted by Crippen LogP contribution is 2.60. The molecule has 0 heterocycles. The molecule has 0 aromatic heterocycles. The van der Waals surface area contributed by atoms with Crippen LogP contribution in [0.4, 0.5) is 0 Å². The molecule has 0 saturated heterocycles. The minimum Gasteiger partial charge on any atom is -0.330 e. The minimum absolute atomic E-state index is 0. The lowest BCUT2D eigenvalue weighted by Crippen LogP contribution is -2.53. The zero-order valence-electron chi connectivity index (χ0n) is 5.60. The van der Waals surface area contributed by atoms with Crippen LogP contribution in [0.15, 0.2) is 0 Å². The molecule has 0 radical (unpaired) electrons. The Morgan fingerprint density at radius 3 is 1.89 bits per heavy atom. The summed E-state index contributed by atoms with van der Waals surface area (Å²) in [5.74, 6) is 1.05. The second-order valence-corrected chi connectivity index (χ2v) is 3.34. The normalized spacial score (nSPS) is 45.7. The maximum Gasteiger partial charge on any atom is -0.00179 e. The van der Waals surface area contributed by atoms with Crippen molar-refractivity contribution in [2.45, 2.75) is 25.7 Å². The van der Waals surface area contributed by atoms with Crippen LogP contribution in [0.1, 0.15) is 25.7 Å². The second-order valence-electron chi connectivity index (χ2n) is 3.34. The number of fused-ring (bicyclic) bond motifs is 1. The fraction of sp³-hybridized carbons (Fsp3) is 1.00. The number of rotatable bonds is 1. The van der Waals surface area contributed by atoms with Gasteiger partial charge in [0.25, 0.3) is 0 Å². The third-order valence-electron chi connectivity index (χ3n) is 3.25. The topological polar surface area (TPSA) is 26.0 Å². The Balaban J connectivity index is 0.000000405. The highest BCUT2D eigenvalue weighted by Gasteiger charge is 2.51. The van der Waals surface area contributed by atoms with Gasteiger partial charge < -0.3 is 5.73 Å². The molecule has 0 aliphatic heterocycles. The van der Waals surface area contributed by atoms with E-state index in [0.717, 1.165) is 12.5 Å². The average molecular weight is 148 g/mol. The molecule has 2 heteroatoms. The van der Waals surface area contributed by atoms with Gasteiger partial charge in [-0.25, -0.2) is 0 Å². The highest BCUT2D eigenvalue weighted by molar-refractivity contribution is 5.85. The van der Waals surface area contributed by atoms with Crippen LogP contribution >= 0.6 is 12.4 Å². The summed E-state index contributed by atoms with van der Waals surface area (Å²) in [5, 5.41) is 0. The fourth-order valence-corrected chi connectivity index (χ4v) is 2.15. The van der Waals surface area contributed by atoms with E-state index in [1.165, 1.54) is 25.7 Å². The molecule has 0 atom stereocenters. The zero-order chi connectivity index (χ0) is 5.61. The summed E-state index contributed by atoms with van der Waals surface area (Å²) in [6.07, 6.45) is 5.79. The Morgan fingerprint density at radius 2 is 1.89 bits per heavy atom. The Morgan fingerprint density at radius 1 is 1.33 bits per heavy atom. The lowest BCUT2D eigenvalue weighted by molar-refractivity contribution is -0.0650. The molecule has 2 aliphatic rings. The molecule has 1 nitrogen and oxygen atoms in total. The first-order valence-corrected chi connectivity index (χ1v) is 3.57. The van der Waals surface area contributed by atoms with Crippen molar-refractivity contribution in [1.29, 1.82) is 0 Å². The number of halogens is 1. The van der Waals surface area contributed by atoms with E-state index in [2.05, 4.69) is 0 Å². The molecule has 0 aromatic rings. The lowest BCUT2D eigenvalue weighted by Gasteiger charge is -2.58. The SMILES string of the molecule is Cl.NCC12CCC1CC2. The first kappa shape index (κ1) is 7.36. The zero-order valence-corrected chi connectivity index (χ0v) is 6.41. The molecule has 2 fully saturated rings. The summed E-state index contributed by atoms with van der Waals surface area (Å²) < 4.78 is 0. The Hall–Kier alpha value is 0.250. The van der Waals surface area contributed by atoms with Crippen LogP contribution in [0, 0.1) is 11.3 Å². The Kier molecular flexibility index (Phi) is 1.75. The van der Waals surface area contributed by atoms with Gasteiger partial charge in [-0.1, -0.05) is 0 Å². The summed E-state index contributed by atoms with van der Waals surface area (Å²) in [6, 6.07) is 0. The molecule has 2 N–H and O–H groups in total. The number of hydrogen-bond donors (Lipinski definition) is 1. The lowest BCUT2D eigenvalue weighted by atomic mass is 9.48. The van der Waals surface area contributed by atoms with Gasteiger partial charge in [-0.3, -0.25) is 0 Å². The van der Waals surface area contributed by atoms with E-state index in [0.29, 0.717) is 5.41 Å². The smallest absolute Gasteiger partial charge is 0.00179 e. The first-order chi connectivity index (χ1) is 3.87. The first-order valence-electron chi connectivity index (χ1n) is 3.57. The van der Waals surface area contributed by atoms with Crippen LogP contribution < -0.4 is 5.73 Å². The molecule has 0 aromatic carbocycles. The van der Waals surface area contributed by atoms with Gasteiger partial charge in [0.1, 0.15) is 0 Å². The van der Waals surface area contributed by atoms with Crippen LogP contribution in [0.3, 0.4) is 0 Å². The number of nitrogens with two attached hydrogens (primary N) is 1. The van der Waals surface area contributed by atoms with Crippen molar-refractivity contribution in [3.05, 3.63) is 0 Å². The van der Waals surface area contributed by atoms with Gasteiger partial charge in [0.2, 0.25) is 0 Å². The largest absolute Gasteiger partial charge is 0.330 e. The van der Waals surface area contributed by atoms with Crippen molar-refractivity contribution in [2.75, 3.05) is 6.54 Å². The third kappa shape index (κ3) is 0.714. The van der Waals surface area contributed by atoms with Gasteiger partial charge in [0.15, 0.2) is 0 Å². The highest BCUT2D eigenvalue weighted by atomic mass is 35.5. The average Bonchev–Trinajstić information content (AvgIpc) is 1.78. The van der Waals surface area contributed by atoms with Crippen LogP contribution in [-0.2, 0) is 0 Å². The fourth-order valence-electron chi connectivity index (χ4n) is 2.15. The molecular formula is C7H14ClN. The van der Waals surface area contributed by atoms with Gasteiger partial charge in [-0.15, -0.1) is 12.4 Å². The van der Waals surface area contributed by atoms with E-state index < -0.39 is 0 Å². The van der Waals surface area contributed by atoms with Crippen molar-refractivity contribution >= 4 is 12.4 Å². The van der Waals surface area contributed by atoms with Gasteiger partial charge in [-0.2, -0.15) is 0 Å². The van der Waals surface area contributed by atoms with E-state index in [4.69, 9.17) is 5.73 Å². The monoisotopic (exact) mass is 147 g/mol. The van der Waals surface area contributed by atoms with E-state index in [1.54, 1.807) is 0 Å². The summed E-state index contributed by atoms with van der Waals surface area (Å²) in [4.78, 5) is 0. The Bertz CT molecular complexity index is 100.0.